The van der Waals surface area contributed by atoms with Crippen LogP contribution in [0.4, 0.5) is 4.79 Å². The second-order valence-corrected chi connectivity index (χ2v) is 4.56. The second kappa shape index (κ2) is 7.94. The van der Waals surface area contributed by atoms with Gasteiger partial charge in [0.25, 0.3) is 0 Å². The Morgan fingerprint density at radius 1 is 0.952 bits per heavy atom. The van der Waals surface area contributed by atoms with Gasteiger partial charge in [0.05, 0.1) is 0 Å². The first-order valence-corrected chi connectivity index (χ1v) is 7.06. The van der Waals surface area contributed by atoms with Gasteiger partial charge in [0.15, 0.2) is 0 Å². The molecule has 0 unspecified atom stereocenters. The molecule has 4 heteroatoms. The van der Waals surface area contributed by atoms with Crippen molar-refractivity contribution in [3.05, 3.63) is 54.6 Å². The van der Waals surface area contributed by atoms with Gasteiger partial charge in [-0.1, -0.05) is 31.5 Å². The predicted molar refractivity (Wildman–Crippen MR) is 81.9 cm³/mol. The van der Waals surface area contributed by atoms with E-state index >= 15 is 0 Å². The topological polar surface area (TPSA) is 47.6 Å². The molecule has 0 saturated carbocycles. The minimum Gasteiger partial charge on any atom is -0.457 e. The Labute approximate surface area is 124 Å². The van der Waals surface area contributed by atoms with Gasteiger partial charge in [0.2, 0.25) is 0 Å². The summed E-state index contributed by atoms with van der Waals surface area (Å²) in [5.41, 5.74) is 0. The highest BCUT2D eigenvalue weighted by atomic mass is 16.6. The van der Waals surface area contributed by atoms with Crippen LogP contribution in [0.3, 0.4) is 0 Å². The van der Waals surface area contributed by atoms with E-state index in [0.29, 0.717) is 18.0 Å². The number of hydrogen-bond acceptors (Lipinski definition) is 3. The van der Waals surface area contributed by atoms with Crippen LogP contribution in [0.25, 0.3) is 0 Å². The van der Waals surface area contributed by atoms with Gasteiger partial charge in [-0.25, -0.2) is 4.79 Å². The van der Waals surface area contributed by atoms with Crippen LogP contribution >= 0.6 is 0 Å². The summed E-state index contributed by atoms with van der Waals surface area (Å²) in [5, 5.41) is 2.69. The van der Waals surface area contributed by atoms with E-state index in [1.165, 1.54) is 0 Å². The highest BCUT2D eigenvalue weighted by molar-refractivity contribution is 5.70. The van der Waals surface area contributed by atoms with E-state index < -0.39 is 6.09 Å². The van der Waals surface area contributed by atoms with Crippen molar-refractivity contribution in [3.8, 4) is 17.2 Å². The zero-order valence-corrected chi connectivity index (χ0v) is 12.0. The van der Waals surface area contributed by atoms with E-state index in [0.717, 1.165) is 18.6 Å². The Hall–Kier alpha value is -2.49. The van der Waals surface area contributed by atoms with E-state index in [9.17, 15) is 4.79 Å². The van der Waals surface area contributed by atoms with Crippen molar-refractivity contribution in [1.29, 1.82) is 0 Å². The maximum Gasteiger partial charge on any atom is 0.412 e. The number of ether oxygens (including phenoxy) is 2. The van der Waals surface area contributed by atoms with Gasteiger partial charge in [-0.3, -0.25) is 0 Å². The number of para-hydroxylation sites is 1. The fraction of sp³-hybridized carbons (Fsp3) is 0.235. The lowest BCUT2D eigenvalue weighted by atomic mass is 10.3. The van der Waals surface area contributed by atoms with Gasteiger partial charge < -0.3 is 14.8 Å². The zero-order chi connectivity index (χ0) is 14.9. The number of nitrogens with one attached hydrogen (secondary N) is 1. The van der Waals surface area contributed by atoms with Gasteiger partial charge in [-0.05, 0) is 42.8 Å². The van der Waals surface area contributed by atoms with Crippen molar-refractivity contribution in [2.45, 2.75) is 19.8 Å². The van der Waals surface area contributed by atoms with E-state index in [2.05, 4.69) is 12.2 Å². The number of carbonyl (C=O) groups is 1. The third-order valence-corrected chi connectivity index (χ3v) is 2.81. The molecule has 2 aromatic carbocycles. The minimum absolute atomic E-state index is 0.430. The molecule has 1 N–H and O–H groups in total. The Morgan fingerprint density at radius 2 is 1.57 bits per heavy atom. The van der Waals surface area contributed by atoms with Crippen molar-refractivity contribution >= 4 is 6.09 Å². The molecule has 4 nitrogen and oxygen atoms in total. The predicted octanol–water partition coefficient (Wildman–Crippen LogP) is 4.37. The van der Waals surface area contributed by atoms with Crippen LogP contribution in [0, 0.1) is 0 Å². The highest BCUT2D eigenvalue weighted by Gasteiger charge is 2.04. The molecule has 0 bridgehead atoms. The molecule has 110 valence electrons. The molecule has 0 aliphatic carbocycles. The summed E-state index contributed by atoms with van der Waals surface area (Å²) >= 11 is 0. The fourth-order valence-corrected chi connectivity index (χ4v) is 1.71. The molecule has 0 saturated heterocycles. The van der Waals surface area contributed by atoms with Crippen LogP contribution in [-0.2, 0) is 0 Å². The number of hydrogen-bond donors (Lipinski definition) is 1. The maximum atomic E-state index is 11.5. The SMILES string of the molecule is CCCCNC(=O)Oc1ccc(Oc2ccccc2)cc1. The lowest BCUT2D eigenvalue weighted by Crippen LogP contribution is -2.27. The molecule has 1 amide bonds. The maximum absolute atomic E-state index is 11.5. The molecule has 2 aromatic rings. The van der Waals surface area contributed by atoms with Crippen molar-refractivity contribution in [3.63, 3.8) is 0 Å². The Morgan fingerprint density at radius 3 is 2.24 bits per heavy atom. The molecule has 0 aromatic heterocycles. The summed E-state index contributed by atoms with van der Waals surface area (Å²) in [6, 6.07) is 16.5. The molecule has 0 aliphatic heterocycles. The smallest absolute Gasteiger partial charge is 0.412 e. The summed E-state index contributed by atoms with van der Waals surface area (Å²) in [4.78, 5) is 11.5. The number of rotatable bonds is 6. The van der Waals surface area contributed by atoms with E-state index in [1.54, 1.807) is 24.3 Å². The average Bonchev–Trinajstić information content (AvgIpc) is 2.51. The number of carbonyl (C=O) groups excluding carboxylic acids is 1. The van der Waals surface area contributed by atoms with Gasteiger partial charge in [-0.2, -0.15) is 0 Å². The van der Waals surface area contributed by atoms with Crippen molar-refractivity contribution < 1.29 is 14.3 Å². The van der Waals surface area contributed by atoms with Crippen LogP contribution in [0.2, 0.25) is 0 Å². The van der Waals surface area contributed by atoms with Gasteiger partial charge in [0.1, 0.15) is 17.2 Å². The molecule has 2 rings (SSSR count). The first-order valence-electron chi connectivity index (χ1n) is 7.06. The number of amides is 1. The molecule has 0 heterocycles. The monoisotopic (exact) mass is 285 g/mol. The first-order chi connectivity index (χ1) is 10.3. The summed E-state index contributed by atoms with van der Waals surface area (Å²) in [6.07, 6.45) is 1.55. The summed E-state index contributed by atoms with van der Waals surface area (Å²) < 4.78 is 10.8. The number of benzene rings is 2. The average molecular weight is 285 g/mol. The minimum atomic E-state index is -0.430. The lowest BCUT2D eigenvalue weighted by Gasteiger charge is -2.08. The summed E-state index contributed by atoms with van der Waals surface area (Å²) in [5.74, 6) is 1.95. The Bertz CT molecular complexity index is 552. The van der Waals surface area contributed by atoms with Gasteiger partial charge in [0, 0.05) is 6.54 Å². The van der Waals surface area contributed by atoms with Crippen LogP contribution in [0.5, 0.6) is 17.2 Å². The molecule has 0 aliphatic rings. The Balaban J connectivity index is 1.85. The summed E-state index contributed by atoms with van der Waals surface area (Å²) in [7, 11) is 0. The quantitative estimate of drug-likeness (QED) is 0.802. The molecule has 0 spiro atoms. The molecule has 0 fully saturated rings. The molecular formula is C17H19NO3. The molecular weight excluding hydrogens is 266 g/mol. The van der Waals surface area contributed by atoms with Crippen molar-refractivity contribution in [2.75, 3.05) is 6.54 Å². The van der Waals surface area contributed by atoms with E-state index in [1.807, 2.05) is 30.3 Å². The lowest BCUT2D eigenvalue weighted by molar-refractivity contribution is 0.200. The standard InChI is InChI=1S/C17H19NO3/c1-2-3-13-18-17(19)21-16-11-9-15(10-12-16)20-14-7-5-4-6-8-14/h4-12H,2-3,13H2,1H3,(H,18,19). The summed E-state index contributed by atoms with van der Waals surface area (Å²) in [6.45, 7) is 2.70. The van der Waals surface area contributed by atoms with Gasteiger partial charge >= 0.3 is 6.09 Å². The van der Waals surface area contributed by atoms with Crippen LogP contribution in [-0.4, -0.2) is 12.6 Å². The molecule has 21 heavy (non-hydrogen) atoms. The van der Waals surface area contributed by atoms with Crippen LogP contribution in [0.15, 0.2) is 54.6 Å². The molecule has 0 atom stereocenters. The van der Waals surface area contributed by atoms with Gasteiger partial charge in [-0.15, -0.1) is 0 Å². The highest BCUT2D eigenvalue weighted by Crippen LogP contribution is 2.23. The number of unbranched alkanes of at least 4 members (excludes halogenated alkanes) is 1. The zero-order valence-electron chi connectivity index (χ0n) is 12.0. The van der Waals surface area contributed by atoms with Crippen LogP contribution < -0.4 is 14.8 Å². The fourth-order valence-electron chi connectivity index (χ4n) is 1.71. The molecule has 0 radical (unpaired) electrons. The Kier molecular flexibility index (Phi) is 5.64. The van der Waals surface area contributed by atoms with E-state index in [-0.39, 0.29) is 0 Å². The third-order valence-electron chi connectivity index (χ3n) is 2.81. The van der Waals surface area contributed by atoms with Crippen molar-refractivity contribution in [1.82, 2.24) is 5.32 Å². The first kappa shape index (κ1) is 14.9. The van der Waals surface area contributed by atoms with Crippen molar-refractivity contribution in [2.24, 2.45) is 0 Å². The normalized spacial score (nSPS) is 9.95. The third kappa shape index (κ3) is 5.18. The van der Waals surface area contributed by atoms with Crippen LogP contribution in [0.1, 0.15) is 19.8 Å². The van der Waals surface area contributed by atoms with E-state index in [4.69, 9.17) is 9.47 Å². The second-order valence-electron chi connectivity index (χ2n) is 4.56. The largest absolute Gasteiger partial charge is 0.457 e.